The van der Waals surface area contributed by atoms with E-state index in [1.165, 1.54) is 0 Å². The van der Waals surface area contributed by atoms with Crippen LogP contribution >= 0.6 is 0 Å². The number of rotatable bonds is 7. The van der Waals surface area contributed by atoms with Gasteiger partial charge >= 0.3 is 5.97 Å². The molecule has 18 heavy (non-hydrogen) atoms. The summed E-state index contributed by atoms with van der Waals surface area (Å²) in [5, 5.41) is 11.3. The molecule has 1 saturated carbocycles. The van der Waals surface area contributed by atoms with Gasteiger partial charge in [0.05, 0.1) is 0 Å². The Kier molecular flexibility index (Phi) is 5.77. The number of hydrogen-bond acceptors (Lipinski definition) is 4. The molecule has 0 aliphatic heterocycles. The molecule has 1 fully saturated rings. The number of carbonyl (C=O) groups excluding carboxylic acids is 2. The lowest BCUT2D eigenvalue weighted by Gasteiger charge is -2.10. The fourth-order valence-corrected chi connectivity index (χ4v) is 2.01. The molecule has 1 unspecified atom stereocenters. The maximum atomic E-state index is 11.6. The molecule has 0 aromatic carbocycles. The van der Waals surface area contributed by atoms with Gasteiger partial charge in [-0.15, -0.1) is 0 Å². The van der Waals surface area contributed by atoms with Gasteiger partial charge in [-0.1, -0.05) is 0 Å². The molecule has 0 aromatic heterocycles. The molecule has 4 N–H and O–H groups in total. The van der Waals surface area contributed by atoms with Gasteiger partial charge in [-0.3, -0.25) is 14.4 Å². The highest BCUT2D eigenvalue weighted by Crippen LogP contribution is 2.21. The Morgan fingerprint density at radius 2 is 2.17 bits per heavy atom. The summed E-state index contributed by atoms with van der Waals surface area (Å²) in [6.45, 7) is 0.510. The zero-order valence-corrected chi connectivity index (χ0v) is 10.4. The third-order valence-electron chi connectivity index (χ3n) is 3.17. The Morgan fingerprint density at radius 1 is 1.44 bits per heavy atom. The van der Waals surface area contributed by atoms with E-state index < -0.39 is 12.0 Å². The van der Waals surface area contributed by atoms with Crippen LogP contribution in [0.3, 0.4) is 0 Å². The minimum absolute atomic E-state index is 0.0663. The van der Waals surface area contributed by atoms with E-state index >= 15 is 0 Å². The summed E-state index contributed by atoms with van der Waals surface area (Å²) in [7, 11) is 0. The van der Waals surface area contributed by atoms with Crippen molar-refractivity contribution in [3.05, 3.63) is 0 Å². The van der Waals surface area contributed by atoms with E-state index in [-0.39, 0.29) is 17.6 Å². The number of aliphatic carboxylic acids is 1. The van der Waals surface area contributed by atoms with Gasteiger partial charge in [0.1, 0.15) is 11.8 Å². The van der Waals surface area contributed by atoms with Gasteiger partial charge in [0.25, 0.3) is 0 Å². The largest absolute Gasteiger partial charge is 0.480 e. The van der Waals surface area contributed by atoms with Crippen LogP contribution < -0.4 is 11.1 Å². The quantitative estimate of drug-likeness (QED) is 0.558. The van der Waals surface area contributed by atoms with Crippen molar-refractivity contribution in [2.24, 2.45) is 11.7 Å². The van der Waals surface area contributed by atoms with Crippen LogP contribution in [0.5, 0.6) is 0 Å². The number of carboxylic acid groups (broad SMARTS) is 1. The monoisotopic (exact) mass is 256 g/mol. The van der Waals surface area contributed by atoms with Crippen molar-refractivity contribution in [2.75, 3.05) is 6.54 Å². The van der Waals surface area contributed by atoms with E-state index in [1.807, 2.05) is 0 Å². The predicted octanol–water partition coefficient (Wildman–Crippen LogP) is 0.0540. The Morgan fingerprint density at radius 3 is 2.72 bits per heavy atom. The Labute approximate surface area is 106 Å². The number of nitrogens with two attached hydrogens (primary N) is 1. The van der Waals surface area contributed by atoms with Crippen molar-refractivity contribution in [3.63, 3.8) is 0 Å². The van der Waals surface area contributed by atoms with Crippen LogP contribution in [0, 0.1) is 5.92 Å². The smallest absolute Gasteiger partial charge is 0.320 e. The summed E-state index contributed by atoms with van der Waals surface area (Å²) in [6.07, 6.45) is 3.29. The number of ketones is 1. The molecule has 6 heteroatoms. The molecule has 0 heterocycles. The van der Waals surface area contributed by atoms with Crippen LogP contribution in [-0.2, 0) is 14.4 Å². The summed E-state index contributed by atoms with van der Waals surface area (Å²) in [5.41, 5.74) is 5.35. The number of Topliss-reactive ketones (excluding diaryl/α,β-unsaturated/α-hetero) is 1. The standard InChI is InChI=1S/C12H20N2O4/c13-10(12(17)18)3-1-2-6-14-11(16)8-4-5-9(15)7-8/h8,10H,1-7,13H2,(H,14,16)(H,17,18)/t8-,10?/m1/s1. The Hall–Kier alpha value is -1.43. The van der Waals surface area contributed by atoms with E-state index in [0.717, 1.165) is 0 Å². The topological polar surface area (TPSA) is 109 Å². The summed E-state index contributed by atoms with van der Waals surface area (Å²) in [6, 6.07) is -0.826. The summed E-state index contributed by atoms with van der Waals surface area (Å²) >= 11 is 0. The normalized spacial score (nSPS) is 20.7. The van der Waals surface area contributed by atoms with Crippen LogP contribution in [0.25, 0.3) is 0 Å². The van der Waals surface area contributed by atoms with Crippen LogP contribution in [0.15, 0.2) is 0 Å². The number of carboxylic acids is 1. The molecule has 1 aliphatic rings. The van der Waals surface area contributed by atoms with Crippen molar-refractivity contribution in [1.82, 2.24) is 5.32 Å². The second-order valence-electron chi connectivity index (χ2n) is 4.71. The van der Waals surface area contributed by atoms with Gasteiger partial charge < -0.3 is 16.2 Å². The van der Waals surface area contributed by atoms with Gasteiger partial charge in [0.2, 0.25) is 5.91 Å². The fourth-order valence-electron chi connectivity index (χ4n) is 2.01. The van der Waals surface area contributed by atoms with Crippen molar-refractivity contribution in [2.45, 2.75) is 44.6 Å². The number of hydrogen-bond donors (Lipinski definition) is 3. The average Bonchev–Trinajstić information content (AvgIpc) is 2.74. The fraction of sp³-hybridized carbons (Fsp3) is 0.750. The highest BCUT2D eigenvalue weighted by Gasteiger charge is 2.27. The number of unbranched alkanes of at least 4 members (excludes halogenated alkanes) is 1. The summed E-state index contributed by atoms with van der Waals surface area (Å²) < 4.78 is 0. The first-order chi connectivity index (χ1) is 8.50. The summed E-state index contributed by atoms with van der Waals surface area (Å²) in [5.74, 6) is -1.08. The minimum Gasteiger partial charge on any atom is -0.480 e. The molecule has 0 spiro atoms. The lowest BCUT2D eigenvalue weighted by molar-refractivity contribution is -0.138. The number of nitrogens with one attached hydrogen (secondary N) is 1. The molecule has 0 aromatic rings. The molecule has 0 bridgehead atoms. The van der Waals surface area contributed by atoms with E-state index in [4.69, 9.17) is 10.8 Å². The van der Waals surface area contributed by atoms with Crippen molar-refractivity contribution < 1.29 is 19.5 Å². The van der Waals surface area contributed by atoms with E-state index in [2.05, 4.69) is 5.32 Å². The minimum atomic E-state index is -0.997. The maximum Gasteiger partial charge on any atom is 0.320 e. The lowest BCUT2D eigenvalue weighted by Crippen LogP contribution is -2.32. The van der Waals surface area contributed by atoms with E-state index in [0.29, 0.717) is 45.1 Å². The zero-order chi connectivity index (χ0) is 13.5. The van der Waals surface area contributed by atoms with Gasteiger partial charge in [-0.25, -0.2) is 0 Å². The van der Waals surface area contributed by atoms with Crippen molar-refractivity contribution in [1.29, 1.82) is 0 Å². The SMILES string of the molecule is NC(CCCCNC(=O)[C@@H]1CCC(=O)C1)C(=O)O. The first-order valence-electron chi connectivity index (χ1n) is 6.28. The molecule has 102 valence electrons. The second kappa shape index (κ2) is 7.10. The van der Waals surface area contributed by atoms with E-state index in [1.54, 1.807) is 0 Å². The van der Waals surface area contributed by atoms with Gasteiger partial charge in [-0.05, 0) is 25.7 Å². The molecule has 2 atom stereocenters. The van der Waals surface area contributed by atoms with Crippen LogP contribution in [-0.4, -0.2) is 35.4 Å². The van der Waals surface area contributed by atoms with Crippen molar-refractivity contribution >= 4 is 17.7 Å². The first kappa shape index (κ1) is 14.6. The molecule has 0 saturated heterocycles. The van der Waals surface area contributed by atoms with Crippen LogP contribution in [0.2, 0.25) is 0 Å². The first-order valence-corrected chi connectivity index (χ1v) is 6.28. The van der Waals surface area contributed by atoms with Crippen LogP contribution in [0.1, 0.15) is 38.5 Å². The average molecular weight is 256 g/mol. The highest BCUT2D eigenvalue weighted by atomic mass is 16.4. The predicted molar refractivity (Wildman–Crippen MR) is 64.8 cm³/mol. The molecule has 1 aliphatic carbocycles. The van der Waals surface area contributed by atoms with Gasteiger partial charge in [0.15, 0.2) is 0 Å². The second-order valence-corrected chi connectivity index (χ2v) is 4.71. The molecular formula is C12H20N2O4. The number of carbonyl (C=O) groups is 3. The molecule has 1 amide bonds. The molecular weight excluding hydrogens is 236 g/mol. The van der Waals surface area contributed by atoms with E-state index in [9.17, 15) is 14.4 Å². The lowest BCUT2D eigenvalue weighted by atomic mass is 10.1. The molecule has 1 rings (SSSR count). The molecule has 0 radical (unpaired) electrons. The molecule has 6 nitrogen and oxygen atoms in total. The highest BCUT2D eigenvalue weighted by molar-refractivity contribution is 5.89. The zero-order valence-electron chi connectivity index (χ0n) is 10.4. The third kappa shape index (κ3) is 4.83. The van der Waals surface area contributed by atoms with Crippen LogP contribution in [0.4, 0.5) is 0 Å². The van der Waals surface area contributed by atoms with Crippen molar-refractivity contribution in [3.8, 4) is 0 Å². The number of amides is 1. The Bertz CT molecular complexity index is 330. The van der Waals surface area contributed by atoms with Gasteiger partial charge in [-0.2, -0.15) is 0 Å². The van der Waals surface area contributed by atoms with Gasteiger partial charge in [0, 0.05) is 25.3 Å². The maximum absolute atomic E-state index is 11.6. The Balaban J connectivity index is 2.06. The third-order valence-corrected chi connectivity index (χ3v) is 3.17. The summed E-state index contributed by atoms with van der Waals surface area (Å²) in [4.78, 5) is 33.1.